The summed E-state index contributed by atoms with van der Waals surface area (Å²) in [5.74, 6) is -0.359. The monoisotopic (exact) mass is 269 g/mol. The third kappa shape index (κ3) is 2.43. The predicted molar refractivity (Wildman–Crippen MR) is 70.4 cm³/mol. The van der Waals surface area contributed by atoms with Crippen molar-refractivity contribution >= 4 is 17.4 Å². The van der Waals surface area contributed by atoms with Crippen LogP contribution >= 0.6 is 11.6 Å². The van der Waals surface area contributed by atoms with Crippen molar-refractivity contribution in [3.63, 3.8) is 0 Å². The summed E-state index contributed by atoms with van der Waals surface area (Å²) in [6.07, 6.45) is 2.82. The molecule has 2 nitrogen and oxygen atoms in total. The number of halogens is 2. The van der Waals surface area contributed by atoms with E-state index in [1.807, 2.05) is 6.92 Å². The highest BCUT2D eigenvalue weighted by molar-refractivity contribution is 6.31. The van der Waals surface area contributed by atoms with Crippen LogP contribution in [0.3, 0.4) is 0 Å². The highest BCUT2D eigenvalue weighted by Crippen LogP contribution is 2.27. The Hall–Kier alpha value is -0.930. The van der Waals surface area contributed by atoms with Gasteiger partial charge in [0.25, 0.3) is 0 Å². The number of Topliss-reactive ketones (excluding diaryl/α,β-unsaturated/α-hetero) is 1. The molecule has 4 heteroatoms. The van der Waals surface area contributed by atoms with Crippen LogP contribution in [0.4, 0.5) is 4.39 Å². The van der Waals surface area contributed by atoms with Gasteiger partial charge in [0.1, 0.15) is 5.82 Å². The van der Waals surface area contributed by atoms with E-state index < -0.39 is 11.4 Å². The molecule has 1 unspecified atom stereocenters. The fourth-order valence-corrected chi connectivity index (χ4v) is 2.76. The third-order valence-electron chi connectivity index (χ3n) is 3.76. The molecule has 18 heavy (non-hydrogen) atoms. The van der Waals surface area contributed by atoms with Gasteiger partial charge >= 0.3 is 0 Å². The van der Waals surface area contributed by atoms with Crippen molar-refractivity contribution in [2.75, 3.05) is 6.54 Å². The summed E-state index contributed by atoms with van der Waals surface area (Å²) in [4.78, 5) is 12.4. The molecule has 1 saturated heterocycles. The van der Waals surface area contributed by atoms with Gasteiger partial charge in [-0.2, -0.15) is 0 Å². The van der Waals surface area contributed by atoms with Crippen LogP contribution in [0.1, 0.15) is 31.7 Å². The number of carbonyl (C=O) groups excluding carboxylic acids is 1. The quantitative estimate of drug-likeness (QED) is 0.910. The van der Waals surface area contributed by atoms with E-state index in [0.29, 0.717) is 5.56 Å². The van der Waals surface area contributed by atoms with E-state index in [1.54, 1.807) is 12.1 Å². The molecule has 1 fully saturated rings. The predicted octanol–water partition coefficient (Wildman–Crippen LogP) is 3.12. The molecule has 2 rings (SSSR count). The lowest BCUT2D eigenvalue weighted by Crippen LogP contribution is -2.47. The third-order valence-corrected chi connectivity index (χ3v) is 4.19. The minimum Gasteiger partial charge on any atom is -0.305 e. The summed E-state index contributed by atoms with van der Waals surface area (Å²) in [6, 6.07) is 4.60. The number of carbonyl (C=O) groups is 1. The van der Waals surface area contributed by atoms with Crippen molar-refractivity contribution in [3.8, 4) is 0 Å². The van der Waals surface area contributed by atoms with Gasteiger partial charge in [-0.15, -0.1) is 0 Å². The van der Waals surface area contributed by atoms with E-state index in [9.17, 15) is 9.18 Å². The first kappa shape index (κ1) is 13.5. The molecule has 1 N–H and O–H groups in total. The average molecular weight is 270 g/mol. The van der Waals surface area contributed by atoms with Crippen LogP contribution in [0.25, 0.3) is 0 Å². The van der Waals surface area contributed by atoms with Crippen LogP contribution in [0, 0.1) is 5.82 Å². The summed E-state index contributed by atoms with van der Waals surface area (Å²) >= 11 is 5.88. The maximum absolute atomic E-state index is 13.3. The van der Waals surface area contributed by atoms with Crippen molar-refractivity contribution in [1.82, 2.24) is 5.32 Å². The van der Waals surface area contributed by atoms with E-state index in [4.69, 9.17) is 11.6 Å². The van der Waals surface area contributed by atoms with Crippen molar-refractivity contribution in [3.05, 3.63) is 34.6 Å². The Labute approximate surface area is 112 Å². The maximum Gasteiger partial charge on any atom is 0.157 e. The lowest BCUT2D eigenvalue weighted by atomic mass is 9.86. The largest absolute Gasteiger partial charge is 0.305 e. The maximum atomic E-state index is 13.3. The van der Waals surface area contributed by atoms with Crippen LogP contribution in [-0.4, -0.2) is 17.9 Å². The number of nitrogens with one attached hydrogen (secondary N) is 1. The molecule has 98 valence electrons. The first-order valence-corrected chi connectivity index (χ1v) is 6.68. The van der Waals surface area contributed by atoms with Gasteiger partial charge in [-0.3, -0.25) is 4.79 Å². The molecule has 1 heterocycles. The van der Waals surface area contributed by atoms with Gasteiger partial charge in [-0.05, 0) is 37.4 Å². The lowest BCUT2D eigenvalue weighted by molar-refractivity contribution is -0.124. The molecule has 1 aliphatic heterocycles. The zero-order valence-corrected chi connectivity index (χ0v) is 11.2. The first-order chi connectivity index (χ1) is 8.59. The molecular formula is C14H17ClFNO. The second-order valence-electron chi connectivity index (χ2n) is 4.78. The topological polar surface area (TPSA) is 29.1 Å². The molecule has 0 saturated carbocycles. The average Bonchev–Trinajstić information content (AvgIpc) is 2.85. The van der Waals surface area contributed by atoms with Crippen molar-refractivity contribution in [2.24, 2.45) is 0 Å². The molecule has 0 radical (unpaired) electrons. The van der Waals surface area contributed by atoms with Gasteiger partial charge < -0.3 is 5.32 Å². The SMILES string of the molecule is CCC1(C(=O)Cc2cccc(F)c2Cl)CCCN1. The van der Waals surface area contributed by atoms with Crippen LogP contribution < -0.4 is 5.32 Å². The Morgan fingerprint density at radius 2 is 2.33 bits per heavy atom. The summed E-state index contributed by atoms with van der Waals surface area (Å²) in [6.45, 7) is 2.87. The summed E-state index contributed by atoms with van der Waals surface area (Å²) < 4.78 is 13.3. The van der Waals surface area contributed by atoms with Gasteiger partial charge in [0.2, 0.25) is 0 Å². The second kappa shape index (κ2) is 5.37. The zero-order valence-electron chi connectivity index (χ0n) is 10.4. The molecular weight excluding hydrogens is 253 g/mol. The van der Waals surface area contributed by atoms with E-state index in [2.05, 4.69) is 5.32 Å². The number of benzene rings is 1. The molecule has 1 atom stereocenters. The minimum atomic E-state index is -0.466. The minimum absolute atomic E-state index is 0.0649. The fourth-order valence-electron chi connectivity index (χ4n) is 2.57. The smallest absolute Gasteiger partial charge is 0.157 e. The standard InChI is InChI=1S/C14H17ClFNO/c1-2-14(7-4-8-17-14)12(18)9-10-5-3-6-11(16)13(10)15/h3,5-6,17H,2,4,7-9H2,1H3. The number of rotatable bonds is 4. The highest BCUT2D eigenvalue weighted by atomic mass is 35.5. The summed E-state index contributed by atoms with van der Waals surface area (Å²) in [7, 11) is 0. The van der Waals surface area contributed by atoms with Crippen LogP contribution in [0.2, 0.25) is 5.02 Å². The van der Waals surface area contributed by atoms with E-state index in [0.717, 1.165) is 25.8 Å². The Morgan fingerprint density at radius 3 is 2.94 bits per heavy atom. The summed E-state index contributed by atoms with van der Waals surface area (Å²) in [5.41, 5.74) is 0.138. The van der Waals surface area contributed by atoms with Gasteiger partial charge in [0.05, 0.1) is 10.6 Å². The molecule has 0 amide bonds. The zero-order chi connectivity index (χ0) is 13.2. The molecule has 1 aliphatic rings. The van der Waals surface area contributed by atoms with Crippen LogP contribution in [0.15, 0.2) is 18.2 Å². The molecule has 1 aromatic rings. The first-order valence-electron chi connectivity index (χ1n) is 6.30. The molecule has 0 aromatic heterocycles. The normalized spacial score (nSPS) is 23.3. The second-order valence-corrected chi connectivity index (χ2v) is 5.16. The van der Waals surface area contributed by atoms with Crippen molar-refractivity contribution in [1.29, 1.82) is 0 Å². The lowest BCUT2D eigenvalue weighted by Gasteiger charge is -2.26. The highest BCUT2D eigenvalue weighted by Gasteiger charge is 2.38. The Balaban J connectivity index is 2.18. The molecule has 1 aromatic carbocycles. The van der Waals surface area contributed by atoms with Gasteiger partial charge in [0.15, 0.2) is 5.78 Å². The van der Waals surface area contributed by atoms with E-state index in [-0.39, 0.29) is 17.2 Å². The van der Waals surface area contributed by atoms with E-state index in [1.165, 1.54) is 6.07 Å². The fraction of sp³-hybridized carbons (Fsp3) is 0.500. The molecule has 0 bridgehead atoms. The summed E-state index contributed by atoms with van der Waals surface area (Å²) in [5, 5.41) is 3.35. The number of ketones is 1. The Morgan fingerprint density at radius 1 is 1.56 bits per heavy atom. The van der Waals surface area contributed by atoms with Crippen LogP contribution in [0.5, 0.6) is 0 Å². The Bertz CT molecular complexity index is 455. The molecule has 0 aliphatic carbocycles. The molecule has 0 spiro atoms. The number of hydrogen-bond acceptors (Lipinski definition) is 2. The van der Waals surface area contributed by atoms with Gasteiger partial charge in [0, 0.05) is 6.42 Å². The van der Waals surface area contributed by atoms with Gasteiger partial charge in [-0.1, -0.05) is 30.7 Å². The van der Waals surface area contributed by atoms with E-state index >= 15 is 0 Å². The van der Waals surface area contributed by atoms with Crippen LogP contribution in [-0.2, 0) is 11.2 Å². The number of hydrogen-bond donors (Lipinski definition) is 1. The van der Waals surface area contributed by atoms with Crippen molar-refractivity contribution < 1.29 is 9.18 Å². The Kier molecular flexibility index (Phi) is 4.03. The van der Waals surface area contributed by atoms with Crippen molar-refractivity contribution in [2.45, 2.75) is 38.1 Å². The van der Waals surface area contributed by atoms with Gasteiger partial charge in [-0.25, -0.2) is 4.39 Å².